The van der Waals surface area contributed by atoms with E-state index >= 15 is 0 Å². The van der Waals surface area contributed by atoms with Gasteiger partial charge in [-0.1, -0.05) is 12.1 Å². The molecule has 1 aliphatic heterocycles. The minimum atomic E-state index is -0.309. The molecule has 1 saturated heterocycles. The number of anilines is 1. The van der Waals surface area contributed by atoms with Crippen molar-refractivity contribution < 1.29 is 13.6 Å². The minimum absolute atomic E-state index is 0.00184. The number of rotatable bonds is 4. The van der Waals surface area contributed by atoms with Crippen molar-refractivity contribution >= 4 is 11.9 Å². The molecule has 1 atom stereocenters. The van der Waals surface area contributed by atoms with Crippen LogP contribution in [-0.2, 0) is 0 Å². The maximum Gasteiger partial charge on any atom is 0.291 e. The van der Waals surface area contributed by atoms with Crippen LogP contribution in [0.25, 0.3) is 11.1 Å². The number of hydrogen-bond donors (Lipinski definition) is 0. The number of piperidine rings is 1. The molecule has 1 aliphatic rings. The van der Waals surface area contributed by atoms with Crippen LogP contribution < -0.4 is 4.90 Å². The summed E-state index contributed by atoms with van der Waals surface area (Å²) in [5.74, 6) is 0.894. The van der Waals surface area contributed by atoms with Crippen molar-refractivity contribution in [2.24, 2.45) is 0 Å². The fraction of sp³-hybridized carbons (Fsp3) is 0.391. The van der Waals surface area contributed by atoms with Crippen molar-refractivity contribution in [3.63, 3.8) is 0 Å². The molecule has 3 heterocycles. The van der Waals surface area contributed by atoms with Crippen LogP contribution in [0.5, 0.6) is 0 Å². The van der Waals surface area contributed by atoms with Crippen molar-refractivity contribution in [1.82, 2.24) is 19.9 Å². The summed E-state index contributed by atoms with van der Waals surface area (Å²) in [6, 6.07) is 6.44. The Hall–Kier alpha value is -3.29. The quantitative estimate of drug-likeness (QED) is 0.632. The molecule has 0 bridgehead atoms. The van der Waals surface area contributed by atoms with Crippen molar-refractivity contribution in [1.29, 1.82) is 0 Å². The third-order valence-corrected chi connectivity index (χ3v) is 5.53. The van der Waals surface area contributed by atoms with Crippen LogP contribution in [-0.4, -0.2) is 52.9 Å². The standard InChI is InChI=1S/C23H26FN5O2/c1-14-21(31-15(2)26-14)22(30)29-10-6-8-17(13-29)20-19(12-25-23(27-20)28(3)4)16-7-5-9-18(24)11-16/h5,7,9,11-12,17H,6,8,10,13H2,1-4H3. The van der Waals surface area contributed by atoms with Crippen LogP contribution in [0.3, 0.4) is 0 Å². The minimum Gasteiger partial charge on any atom is -0.436 e. The van der Waals surface area contributed by atoms with Gasteiger partial charge in [-0.3, -0.25) is 4.79 Å². The van der Waals surface area contributed by atoms with E-state index in [9.17, 15) is 9.18 Å². The third-order valence-electron chi connectivity index (χ3n) is 5.53. The molecule has 0 aliphatic carbocycles. The topological polar surface area (TPSA) is 75.4 Å². The molecule has 1 unspecified atom stereocenters. The van der Waals surface area contributed by atoms with Gasteiger partial charge in [-0.05, 0) is 37.5 Å². The molecule has 1 amide bonds. The Balaban J connectivity index is 1.69. The second kappa shape index (κ2) is 8.45. The molecular formula is C23H26FN5O2. The summed E-state index contributed by atoms with van der Waals surface area (Å²) in [7, 11) is 3.76. The smallest absolute Gasteiger partial charge is 0.291 e. The predicted octanol–water partition coefficient (Wildman–Crippen LogP) is 3.97. The molecule has 1 aromatic carbocycles. The molecule has 162 valence electrons. The summed E-state index contributed by atoms with van der Waals surface area (Å²) in [6.07, 6.45) is 3.47. The number of carbonyl (C=O) groups excluding carboxylic acids is 1. The lowest BCUT2D eigenvalue weighted by Crippen LogP contribution is -2.39. The second-order valence-corrected chi connectivity index (χ2v) is 8.11. The van der Waals surface area contributed by atoms with E-state index in [1.54, 1.807) is 31.0 Å². The van der Waals surface area contributed by atoms with Gasteiger partial charge in [0.15, 0.2) is 5.89 Å². The van der Waals surface area contributed by atoms with Crippen molar-refractivity contribution in [3.8, 4) is 11.1 Å². The summed E-state index contributed by atoms with van der Waals surface area (Å²) < 4.78 is 19.5. The fourth-order valence-corrected chi connectivity index (χ4v) is 4.05. The number of amides is 1. The summed E-state index contributed by atoms with van der Waals surface area (Å²) in [6.45, 7) is 4.67. The fourth-order valence-electron chi connectivity index (χ4n) is 4.05. The average Bonchev–Trinajstić information content (AvgIpc) is 3.10. The number of nitrogens with zero attached hydrogens (tertiary/aromatic N) is 5. The Morgan fingerprint density at radius 3 is 2.74 bits per heavy atom. The molecule has 1 fully saturated rings. The molecular weight excluding hydrogens is 397 g/mol. The van der Waals surface area contributed by atoms with Crippen LogP contribution in [0.2, 0.25) is 0 Å². The number of likely N-dealkylation sites (tertiary alicyclic amines) is 1. The molecule has 3 aromatic rings. The first-order valence-corrected chi connectivity index (χ1v) is 10.4. The number of aryl methyl sites for hydroxylation is 2. The van der Waals surface area contributed by atoms with Gasteiger partial charge in [-0.15, -0.1) is 0 Å². The van der Waals surface area contributed by atoms with Crippen LogP contribution >= 0.6 is 0 Å². The first-order chi connectivity index (χ1) is 14.8. The first kappa shape index (κ1) is 21.0. The summed E-state index contributed by atoms with van der Waals surface area (Å²) in [5.41, 5.74) is 2.94. The van der Waals surface area contributed by atoms with Gasteiger partial charge < -0.3 is 14.2 Å². The third kappa shape index (κ3) is 4.28. The average molecular weight is 423 g/mol. The molecule has 0 radical (unpaired) electrons. The van der Waals surface area contributed by atoms with Gasteiger partial charge in [-0.2, -0.15) is 0 Å². The highest BCUT2D eigenvalue weighted by molar-refractivity contribution is 5.92. The van der Waals surface area contributed by atoms with E-state index in [0.717, 1.165) is 29.7 Å². The zero-order valence-electron chi connectivity index (χ0n) is 18.2. The summed E-state index contributed by atoms with van der Waals surface area (Å²) in [5, 5.41) is 0. The van der Waals surface area contributed by atoms with Gasteiger partial charge in [0.05, 0.1) is 11.4 Å². The Morgan fingerprint density at radius 1 is 1.26 bits per heavy atom. The Bertz CT molecular complexity index is 1110. The van der Waals surface area contributed by atoms with E-state index in [2.05, 4.69) is 9.97 Å². The predicted molar refractivity (Wildman–Crippen MR) is 116 cm³/mol. The van der Waals surface area contributed by atoms with Crippen LogP contribution in [0.1, 0.15) is 46.6 Å². The van der Waals surface area contributed by atoms with E-state index in [1.165, 1.54) is 12.1 Å². The number of carbonyl (C=O) groups is 1. The van der Waals surface area contributed by atoms with E-state index in [1.807, 2.05) is 25.1 Å². The van der Waals surface area contributed by atoms with E-state index < -0.39 is 0 Å². The van der Waals surface area contributed by atoms with Crippen molar-refractivity contribution in [3.05, 3.63) is 59.3 Å². The van der Waals surface area contributed by atoms with Crippen molar-refractivity contribution in [2.45, 2.75) is 32.6 Å². The van der Waals surface area contributed by atoms with Gasteiger partial charge in [0.2, 0.25) is 11.7 Å². The highest BCUT2D eigenvalue weighted by Gasteiger charge is 2.31. The monoisotopic (exact) mass is 423 g/mol. The van der Waals surface area contributed by atoms with Crippen molar-refractivity contribution in [2.75, 3.05) is 32.1 Å². The van der Waals surface area contributed by atoms with E-state index in [0.29, 0.717) is 36.4 Å². The number of oxazole rings is 1. The first-order valence-electron chi connectivity index (χ1n) is 10.4. The normalized spacial score (nSPS) is 16.4. The zero-order chi connectivity index (χ0) is 22.1. The second-order valence-electron chi connectivity index (χ2n) is 8.11. The van der Waals surface area contributed by atoms with E-state index in [4.69, 9.17) is 9.40 Å². The molecule has 0 N–H and O–H groups in total. The molecule has 31 heavy (non-hydrogen) atoms. The van der Waals surface area contributed by atoms with Gasteiger partial charge in [0.1, 0.15) is 5.82 Å². The molecule has 0 saturated carbocycles. The molecule has 8 heteroatoms. The summed E-state index contributed by atoms with van der Waals surface area (Å²) in [4.78, 5) is 30.2. The number of benzene rings is 1. The van der Waals surface area contributed by atoms with E-state index in [-0.39, 0.29) is 17.6 Å². The molecule has 4 rings (SSSR count). The highest BCUT2D eigenvalue weighted by Crippen LogP contribution is 2.34. The Kier molecular flexibility index (Phi) is 5.71. The number of halogens is 1. The zero-order valence-corrected chi connectivity index (χ0v) is 18.2. The molecule has 2 aromatic heterocycles. The molecule has 7 nitrogen and oxygen atoms in total. The Morgan fingerprint density at radius 2 is 2.06 bits per heavy atom. The summed E-state index contributed by atoms with van der Waals surface area (Å²) >= 11 is 0. The van der Waals surface area contributed by atoms with Crippen LogP contribution in [0.4, 0.5) is 10.3 Å². The van der Waals surface area contributed by atoms with Gasteiger partial charge >= 0.3 is 0 Å². The SMILES string of the molecule is Cc1nc(C)c(C(=O)N2CCCC(c3nc(N(C)C)ncc3-c3cccc(F)c3)C2)o1. The van der Waals surface area contributed by atoms with Gasteiger partial charge in [0.25, 0.3) is 5.91 Å². The highest BCUT2D eigenvalue weighted by atomic mass is 19.1. The molecule has 0 spiro atoms. The van der Waals surface area contributed by atoms with Crippen LogP contribution in [0, 0.1) is 19.7 Å². The van der Waals surface area contributed by atoms with Gasteiger partial charge in [-0.25, -0.2) is 19.3 Å². The largest absolute Gasteiger partial charge is 0.436 e. The van der Waals surface area contributed by atoms with Crippen LogP contribution in [0.15, 0.2) is 34.9 Å². The van der Waals surface area contributed by atoms with Gasteiger partial charge in [0, 0.05) is 51.8 Å². The maximum absolute atomic E-state index is 13.9. The lowest BCUT2D eigenvalue weighted by Gasteiger charge is -2.33. The number of aromatic nitrogens is 3. The maximum atomic E-state index is 13.9. The Labute approximate surface area is 180 Å². The number of hydrogen-bond acceptors (Lipinski definition) is 6. The lowest BCUT2D eigenvalue weighted by atomic mass is 9.89. The lowest BCUT2D eigenvalue weighted by molar-refractivity contribution is 0.0671.